The predicted molar refractivity (Wildman–Crippen MR) is 137 cm³/mol. The number of hydrogen-bond donors (Lipinski definition) is 2. The highest BCUT2D eigenvalue weighted by Crippen LogP contribution is 2.40. The third-order valence-corrected chi connectivity index (χ3v) is 9.22. The average Bonchev–Trinajstić information content (AvgIpc) is 3.31. The van der Waals surface area contributed by atoms with E-state index >= 15 is 0 Å². The molecule has 2 N–H and O–H groups in total. The van der Waals surface area contributed by atoms with Gasteiger partial charge in [0.05, 0.1) is 21.9 Å². The maximum absolute atomic E-state index is 13.4. The van der Waals surface area contributed by atoms with E-state index in [1.807, 2.05) is 6.07 Å². The summed E-state index contributed by atoms with van der Waals surface area (Å²) in [6.45, 7) is 5.53. The van der Waals surface area contributed by atoms with Crippen LogP contribution in [0, 0.1) is 11.3 Å². The minimum atomic E-state index is -4.04. The van der Waals surface area contributed by atoms with Crippen molar-refractivity contribution in [3.63, 3.8) is 0 Å². The zero-order valence-corrected chi connectivity index (χ0v) is 22.0. The van der Waals surface area contributed by atoms with Crippen LogP contribution in [0.3, 0.4) is 0 Å². The molecule has 38 heavy (non-hydrogen) atoms. The number of halogens is 2. The lowest BCUT2D eigenvalue weighted by atomic mass is 10.1. The largest absolute Gasteiger partial charge is 0.353 e. The molecule has 15 heteroatoms. The first-order valence-corrected chi connectivity index (χ1v) is 14.3. The standard InChI is InChI=1S/C23H23F2N9O2S2/c1-12-8-33(9-13(2)29-12)19-17-15-4-3-14(38(35,36)32-23(10-26)5-6-23)7-16(15)34(20(17)28-11-27-19)22-31-30-21(37-22)18(24)25/h3-4,7,11-13,18,29,32H,5-6,8-9H2,1-2H3/t12-,13-/m0/s1. The molecule has 6 rings (SSSR count). The summed E-state index contributed by atoms with van der Waals surface area (Å²) in [6, 6.07) is 7.00. The maximum atomic E-state index is 13.4. The van der Waals surface area contributed by atoms with Crippen LogP contribution in [-0.2, 0) is 10.0 Å². The Morgan fingerprint density at radius 3 is 2.58 bits per heavy atom. The monoisotopic (exact) mass is 559 g/mol. The SMILES string of the molecule is C[C@H]1CN(c2ncnc3c2c2ccc(S(=O)(=O)NC4(C#N)CC4)cc2n3-c2nnc(C(F)F)s2)C[C@H](C)N1. The number of piperazine rings is 1. The van der Waals surface area contributed by atoms with Gasteiger partial charge in [-0.25, -0.2) is 27.2 Å². The number of nitrogens with one attached hydrogen (secondary N) is 2. The van der Waals surface area contributed by atoms with Gasteiger partial charge in [-0.1, -0.05) is 17.4 Å². The zero-order chi connectivity index (χ0) is 26.8. The molecule has 198 valence electrons. The van der Waals surface area contributed by atoms with Gasteiger partial charge in [0.2, 0.25) is 15.2 Å². The Morgan fingerprint density at radius 2 is 1.95 bits per heavy atom. The molecule has 11 nitrogen and oxygen atoms in total. The lowest BCUT2D eigenvalue weighted by Crippen LogP contribution is -2.54. The van der Waals surface area contributed by atoms with Crippen molar-refractivity contribution in [3.05, 3.63) is 29.5 Å². The number of aromatic nitrogens is 5. The second-order valence-corrected chi connectivity index (χ2v) is 12.5. The molecule has 2 aliphatic rings. The van der Waals surface area contributed by atoms with Crippen LogP contribution in [0.25, 0.3) is 27.1 Å². The topological polar surface area (TPSA) is 142 Å². The Kier molecular flexibility index (Phi) is 5.83. The summed E-state index contributed by atoms with van der Waals surface area (Å²) in [7, 11) is -4.04. The molecule has 2 fully saturated rings. The Morgan fingerprint density at radius 1 is 1.21 bits per heavy atom. The number of fused-ring (bicyclic) bond motifs is 3. The summed E-state index contributed by atoms with van der Waals surface area (Å²) in [5.74, 6) is 0.660. The van der Waals surface area contributed by atoms with E-state index in [9.17, 15) is 22.5 Å². The summed E-state index contributed by atoms with van der Waals surface area (Å²) in [6.07, 6.45) is -0.522. The van der Waals surface area contributed by atoms with E-state index < -0.39 is 27.0 Å². The summed E-state index contributed by atoms with van der Waals surface area (Å²) < 4.78 is 57.2. The number of benzene rings is 1. The van der Waals surface area contributed by atoms with Crippen molar-refractivity contribution in [1.29, 1.82) is 5.26 Å². The van der Waals surface area contributed by atoms with Crippen LogP contribution >= 0.6 is 11.3 Å². The number of rotatable bonds is 6. The van der Waals surface area contributed by atoms with Crippen LogP contribution in [0.5, 0.6) is 0 Å². The Labute approximate surface area is 220 Å². The number of anilines is 1. The fraction of sp³-hybridized carbons (Fsp3) is 0.435. The van der Waals surface area contributed by atoms with Crippen molar-refractivity contribution >= 4 is 49.1 Å². The number of nitrogens with zero attached hydrogens (tertiary/aromatic N) is 7. The Bertz CT molecular complexity index is 1700. The van der Waals surface area contributed by atoms with Gasteiger partial charge in [0.1, 0.15) is 17.7 Å². The lowest BCUT2D eigenvalue weighted by molar-refractivity contribution is 0.150. The first-order valence-electron chi connectivity index (χ1n) is 12.0. The molecule has 0 amide bonds. The molecule has 2 atom stereocenters. The Hall–Kier alpha value is -3.32. The van der Waals surface area contributed by atoms with Gasteiger partial charge in [-0.15, -0.1) is 10.2 Å². The summed E-state index contributed by atoms with van der Waals surface area (Å²) in [5, 5.41) is 21.5. The predicted octanol–water partition coefficient (Wildman–Crippen LogP) is 2.88. The van der Waals surface area contributed by atoms with E-state index in [4.69, 9.17) is 0 Å². The molecule has 1 aliphatic carbocycles. The molecule has 0 bridgehead atoms. The molecule has 1 aliphatic heterocycles. The van der Waals surface area contributed by atoms with E-state index in [-0.39, 0.29) is 22.1 Å². The van der Waals surface area contributed by atoms with Gasteiger partial charge < -0.3 is 10.2 Å². The minimum Gasteiger partial charge on any atom is -0.353 e. The molecule has 1 aromatic carbocycles. The molecule has 1 saturated heterocycles. The number of alkyl halides is 2. The first-order chi connectivity index (χ1) is 18.1. The first kappa shape index (κ1) is 25.0. The third-order valence-electron chi connectivity index (χ3n) is 6.77. The smallest absolute Gasteiger partial charge is 0.291 e. The van der Waals surface area contributed by atoms with Gasteiger partial charge in [-0.3, -0.25) is 4.57 Å². The molecule has 4 heterocycles. The Balaban J connectivity index is 1.59. The average molecular weight is 560 g/mol. The number of hydrogen-bond acceptors (Lipinski definition) is 10. The molecule has 0 unspecified atom stereocenters. The molecular weight excluding hydrogens is 536 g/mol. The normalized spacial score (nSPS) is 21.3. The molecule has 1 saturated carbocycles. The van der Waals surface area contributed by atoms with Crippen LogP contribution < -0.4 is 14.9 Å². The second-order valence-electron chi connectivity index (χ2n) is 9.81. The molecular formula is C23H23F2N9O2S2. The van der Waals surface area contributed by atoms with Crippen molar-refractivity contribution in [2.24, 2.45) is 0 Å². The highest BCUT2D eigenvalue weighted by Gasteiger charge is 2.47. The van der Waals surface area contributed by atoms with Gasteiger partial charge >= 0.3 is 0 Å². The zero-order valence-electron chi connectivity index (χ0n) is 20.4. The van der Waals surface area contributed by atoms with Gasteiger partial charge in [0.15, 0.2) is 10.7 Å². The number of nitriles is 1. The summed E-state index contributed by atoms with van der Waals surface area (Å²) in [5.41, 5.74) is -0.293. The maximum Gasteiger partial charge on any atom is 0.291 e. The van der Waals surface area contributed by atoms with Gasteiger partial charge in [-0.2, -0.15) is 9.98 Å². The van der Waals surface area contributed by atoms with Crippen LogP contribution in [0.1, 0.15) is 38.1 Å². The summed E-state index contributed by atoms with van der Waals surface area (Å²) in [4.78, 5) is 11.1. The van der Waals surface area contributed by atoms with E-state index in [2.05, 4.69) is 49.0 Å². The van der Waals surface area contributed by atoms with Crippen molar-refractivity contribution < 1.29 is 17.2 Å². The number of sulfonamides is 1. The van der Waals surface area contributed by atoms with Crippen LogP contribution in [0.15, 0.2) is 29.4 Å². The molecule has 0 radical (unpaired) electrons. The van der Waals surface area contributed by atoms with Crippen molar-refractivity contribution in [3.8, 4) is 11.2 Å². The van der Waals surface area contributed by atoms with Crippen LogP contribution in [-0.4, -0.2) is 63.9 Å². The van der Waals surface area contributed by atoms with Crippen molar-refractivity contribution in [1.82, 2.24) is 34.8 Å². The lowest BCUT2D eigenvalue weighted by Gasteiger charge is -2.37. The van der Waals surface area contributed by atoms with Gasteiger partial charge in [0.25, 0.3) is 6.43 Å². The van der Waals surface area contributed by atoms with E-state index in [0.29, 0.717) is 65.0 Å². The van der Waals surface area contributed by atoms with Gasteiger partial charge in [-0.05, 0) is 38.8 Å². The quantitative estimate of drug-likeness (QED) is 0.365. The van der Waals surface area contributed by atoms with E-state index in [0.717, 1.165) is 0 Å². The molecule has 4 aromatic rings. The van der Waals surface area contributed by atoms with E-state index in [1.54, 1.807) is 10.6 Å². The van der Waals surface area contributed by atoms with Gasteiger partial charge in [0, 0.05) is 30.6 Å². The molecule has 0 spiro atoms. The van der Waals surface area contributed by atoms with Crippen LogP contribution in [0.4, 0.5) is 14.6 Å². The third kappa shape index (κ3) is 4.17. The van der Waals surface area contributed by atoms with Crippen molar-refractivity contribution in [2.45, 2.75) is 55.6 Å². The highest BCUT2D eigenvalue weighted by molar-refractivity contribution is 7.89. The fourth-order valence-electron chi connectivity index (χ4n) is 4.98. The van der Waals surface area contributed by atoms with Crippen LogP contribution in [0.2, 0.25) is 0 Å². The van der Waals surface area contributed by atoms with E-state index in [1.165, 1.54) is 18.5 Å². The fourth-order valence-corrected chi connectivity index (χ4v) is 7.09. The van der Waals surface area contributed by atoms with Crippen molar-refractivity contribution in [2.75, 3.05) is 18.0 Å². The summed E-state index contributed by atoms with van der Waals surface area (Å²) >= 11 is 0.706. The second kappa shape index (κ2) is 8.87. The highest BCUT2D eigenvalue weighted by atomic mass is 32.2. The molecule has 3 aromatic heterocycles. The minimum absolute atomic E-state index is 0.0619.